The molecule has 0 N–H and O–H groups in total. The predicted octanol–water partition coefficient (Wildman–Crippen LogP) is 1.78. The van der Waals surface area contributed by atoms with Crippen molar-refractivity contribution in [1.29, 1.82) is 0 Å². The SMILES string of the molecule is COC(=O)c1ccc(-c2cc(C)n(C)n2)o1. The van der Waals surface area contributed by atoms with Crippen molar-refractivity contribution >= 4 is 5.97 Å². The number of ether oxygens (including phenoxy) is 1. The van der Waals surface area contributed by atoms with E-state index in [2.05, 4.69) is 9.84 Å². The van der Waals surface area contributed by atoms with Gasteiger partial charge in [0.2, 0.25) is 5.76 Å². The molecule has 0 atom stereocenters. The number of hydrogen-bond acceptors (Lipinski definition) is 4. The lowest BCUT2D eigenvalue weighted by Crippen LogP contribution is -1.98. The number of nitrogens with zero attached hydrogens (tertiary/aromatic N) is 2. The molecule has 0 saturated carbocycles. The van der Waals surface area contributed by atoms with Crippen LogP contribution in [-0.2, 0) is 11.8 Å². The predicted molar refractivity (Wildman–Crippen MR) is 57.0 cm³/mol. The molecule has 5 nitrogen and oxygen atoms in total. The molecule has 2 heterocycles. The van der Waals surface area contributed by atoms with Crippen LogP contribution in [0.2, 0.25) is 0 Å². The molecule has 0 amide bonds. The van der Waals surface area contributed by atoms with Crippen molar-refractivity contribution in [3.8, 4) is 11.5 Å². The number of furan rings is 1. The molecule has 0 saturated heterocycles. The van der Waals surface area contributed by atoms with E-state index < -0.39 is 5.97 Å². The van der Waals surface area contributed by atoms with Crippen LogP contribution in [0.5, 0.6) is 0 Å². The molecule has 0 bridgehead atoms. The van der Waals surface area contributed by atoms with Crippen molar-refractivity contribution in [1.82, 2.24) is 9.78 Å². The summed E-state index contributed by atoms with van der Waals surface area (Å²) in [5.41, 5.74) is 1.72. The molecule has 5 heteroatoms. The fraction of sp³-hybridized carbons (Fsp3) is 0.273. The molecule has 0 aromatic carbocycles. The van der Waals surface area contributed by atoms with Crippen molar-refractivity contribution in [2.75, 3.05) is 7.11 Å². The molecule has 0 aliphatic heterocycles. The van der Waals surface area contributed by atoms with E-state index in [0.29, 0.717) is 11.5 Å². The quantitative estimate of drug-likeness (QED) is 0.724. The average Bonchev–Trinajstić information content (AvgIpc) is 2.86. The first-order chi connectivity index (χ1) is 7.61. The summed E-state index contributed by atoms with van der Waals surface area (Å²) in [5, 5.41) is 4.25. The minimum absolute atomic E-state index is 0.181. The Kier molecular flexibility index (Phi) is 2.52. The Morgan fingerprint density at radius 1 is 1.50 bits per heavy atom. The fourth-order valence-electron chi connectivity index (χ4n) is 1.37. The highest BCUT2D eigenvalue weighted by Gasteiger charge is 2.14. The van der Waals surface area contributed by atoms with E-state index in [-0.39, 0.29) is 5.76 Å². The molecular weight excluding hydrogens is 208 g/mol. The van der Waals surface area contributed by atoms with Crippen LogP contribution in [0, 0.1) is 6.92 Å². The molecule has 2 aromatic rings. The first-order valence-corrected chi connectivity index (χ1v) is 4.81. The normalized spacial score (nSPS) is 10.4. The summed E-state index contributed by atoms with van der Waals surface area (Å²) >= 11 is 0. The standard InChI is InChI=1S/C11H12N2O3/c1-7-6-8(12-13(7)2)9-4-5-10(16-9)11(14)15-3/h4-6H,1-3H3. The van der Waals surface area contributed by atoms with Crippen LogP contribution in [0.25, 0.3) is 11.5 Å². The van der Waals surface area contributed by atoms with Crippen molar-refractivity contribution in [2.24, 2.45) is 7.05 Å². The monoisotopic (exact) mass is 220 g/mol. The van der Waals surface area contributed by atoms with Crippen LogP contribution < -0.4 is 0 Å². The van der Waals surface area contributed by atoms with E-state index in [1.165, 1.54) is 7.11 Å². The summed E-state index contributed by atoms with van der Waals surface area (Å²) in [6.45, 7) is 1.95. The van der Waals surface area contributed by atoms with Crippen molar-refractivity contribution < 1.29 is 13.9 Å². The number of carbonyl (C=O) groups is 1. The van der Waals surface area contributed by atoms with Crippen LogP contribution in [0.15, 0.2) is 22.6 Å². The highest BCUT2D eigenvalue weighted by Crippen LogP contribution is 2.21. The number of rotatable bonds is 2. The number of carbonyl (C=O) groups excluding carboxylic acids is 1. The Balaban J connectivity index is 2.35. The van der Waals surface area contributed by atoms with Gasteiger partial charge in [-0.25, -0.2) is 4.79 Å². The molecule has 0 unspecified atom stereocenters. The van der Waals surface area contributed by atoms with Gasteiger partial charge in [0.05, 0.1) is 7.11 Å². The molecule has 2 rings (SSSR count). The Labute approximate surface area is 92.6 Å². The van der Waals surface area contributed by atoms with Crippen molar-refractivity contribution in [2.45, 2.75) is 6.92 Å². The van der Waals surface area contributed by atoms with Gasteiger partial charge in [-0.05, 0) is 25.1 Å². The largest absolute Gasteiger partial charge is 0.463 e. The second-order valence-electron chi connectivity index (χ2n) is 3.45. The third-order valence-corrected chi connectivity index (χ3v) is 2.36. The fourth-order valence-corrected chi connectivity index (χ4v) is 1.37. The number of hydrogen-bond donors (Lipinski definition) is 0. The minimum atomic E-state index is -0.487. The molecule has 0 fully saturated rings. The topological polar surface area (TPSA) is 57.3 Å². The highest BCUT2D eigenvalue weighted by atomic mass is 16.5. The lowest BCUT2D eigenvalue weighted by molar-refractivity contribution is 0.0566. The Morgan fingerprint density at radius 3 is 2.81 bits per heavy atom. The third-order valence-electron chi connectivity index (χ3n) is 2.36. The summed E-state index contributed by atoms with van der Waals surface area (Å²) in [6, 6.07) is 5.17. The van der Waals surface area contributed by atoms with Gasteiger partial charge in [0.15, 0.2) is 5.76 Å². The maximum Gasteiger partial charge on any atom is 0.373 e. The molecule has 0 aliphatic rings. The van der Waals surface area contributed by atoms with E-state index in [9.17, 15) is 4.79 Å². The van der Waals surface area contributed by atoms with Crippen LogP contribution in [0.3, 0.4) is 0 Å². The zero-order valence-corrected chi connectivity index (χ0v) is 9.35. The number of esters is 1. The highest BCUT2D eigenvalue weighted by molar-refractivity contribution is 5.86. The van der Waals surface area contributed by atoms with Gasteiger partial charge < -0.3 is 9.15 Å². The van der Waals surface area contributed by atoms with Crippen LogP contribution >= 0.6 is 0 Å². The summed E-state index contributed by atoms with van der Waals surface area (Å²) < 4.78 is 11.6. The van der Waals surface area contributed by atoms with E-state index in [4.69, 9.17) is 4.42 Å². The van der Waals surface area contributed by atoms with E-state index >= 15 is 0 Å². The van der Waals surface area contributed by atoms with Gasteiger partial charge in [-0.3, -0.25) is 4.68 Å². The Bertz CT molecular complexity index is 506. The second-order valence-corrected chi connectivity index (χ2v) is 3.45. The van der Waals surface area contributed by atoms with Gasteiger partial charge in [0.1, 0.15) is 5.69 Å². The van der Waals surface area contributed by atoms with E-state index in [1.54, 1.807) is 16.8 Å². The third kappa shape index (κ3) is 1.71. The second kappa shape index (κ2) is 3.84. The van der Waals surface area contributed by atoms with Crippen LogP contribution in [0.4, 0.5) is 0 Å². The molecule has 0 radical (unpaired) electrons. The lowest BCUT2D eigenvalue weighted by atomic mass is 10.3. The molecule has 0 aliphatic carbocycles. The zero-order chi connectivity index (χ0) is 11.7. The summed E-state index contributed by atoms with van der Waals surface area (Å²) in [4.78, 5) is 11.2. The van der Waals surface area contributed by atoms with Crippen molar-refractivity contribution in [3.05, 3.63) is 29.7 Å². The smallest absolute Gasteiger partial charge is 0.373 e. The first kappa shape index (κ1) is 10.5. The van der Waals surface area contributed by atoms with Gasteiger partial charge >= 0.3 is 5.97 Å². The Morgan fingerprint density at radius 2 is 2.25 bits per heavy atom. The molecule has 2 aromatic heterocycles. The average molecular weight is 220 g/mol. The maximum atomic E-state index is 11.2. The molecule has 84 valence electrons. The molecular formula is C11H12N2O3. The van der Waals surface area contributed by atoms with Crippen LogP contribution in [-0.4, -0.2) is 22.9 Å². The lowest BCUT2D eigenvalue weighted by Gasteiger charge is -1.93. The number of methoxy groups -OCH3 is 1. The molecule has 0 spiro atoms. The van der Waals surface area contributed by atoms with Gasteiger partial charge in [0, 0.05) is 12.7 Å². The Hall–Kier alpha value is -2.04. The van der Waals surface area contributed by atoms with Crippen LogP contribution in [0.1, 0.15) is 16.2 Å². The molecule has 16 heavy (non-hydrogen) atoms. The first-order valence-electron chi connectivity index (χ1n) is 4.81. The van der Waals surface area contributed by atoms with Gasteiger partial charge in [-0.1, -0.05) is 0 Å². The minimum Gasteiger partial charge on any atom is -0.463 e. The van der Waals surface area contributed by atoms with Gasteiger partial charge in [0.25, 0.3) is 0 Å². The summed E-state index contributed by atoms with van der Waals surface area (Å²) in [6.07, 6.45) is 0. The van der Waals surface area contributed by atoms with Gasteiger partial charge in [-0.15, -0.1) is 0 Å². The van der Waals surface area contributed by atoms with E-state index in [0.717, 1.165) is 5.69 Å². The van der Waals surface area contributed by atoms with E-state index in [1.807, 2.05) is 20.0 Å². The summed E-state index contributed by atoms with van der Waals surface area (Å²) in [5.74, 6) is 0.254. The van der Waals surface area contributed by atoms with Gasteiger partial charge in [-0.2, -0.15) is 5.10 Å². The summed E-state index contributed by atoms with van der Waals surface area (Å²) in [7, 11) is 3.17. The zero-order valence-electron chi connectivity index (χ0n) is 9.35. The van der Waals surface area contributed by atoms with Crippen molar-refractivity contribution in [3.63, 3.8) is 0 Å². The number of aromatic nitrogens is 2. The number of aryl methyl sites for hydroxylation is 2. The maximum absolute atomic E-state index is 11.2.